The van der Waals surface area contributed by atoms with Crippen LogP contribution in [-0.2, 0) is 14.8 Å². The zero-order chi connectivity index (χ0) is 28.7. The minimum Gasteiger partial charge on any atom is -0.322 e. The standard InChI is InChI=1S/C30H27FN4O4S/c1-21-15-17-26(18-16-21)40(38,39)35(28-14-7-6-13-27(28)31)20-29(36)34-33-22(2)24-11-8-12-25(19-24)32-30(37)23-9-4-3-5-10-23/h3-19H,20H2,1-2H3,(H,32,37)(H,34,36)/b33-22+. The molecular formula is C30H27FN4O4S. The first-order valence-electron chi connectivity index (χ1n) is 12.3. The fourth-order valence-corrected chi connectivity index (χ4v) is 5.21. The van der Waals surface area contributed by atoms with E-state index in [1.165, 1.54) is 30.3 Å². The van der Waals surface area contributed by atoms with Gasteiger partial charge in [0.15, 0.2) is 0 Å². The Labute approximate surface area is 232 Å². The highest BCUT2D eigenvalue weighted by Crippen LogP contribution is 2.26. The van der Waals surface area contributed by atoms with Gasteiger partial charge in [-0.25, -0.2) is 18.2 Å². The molecule has 0 heterocycles. The lowest BCUT2D eigenvalue weighted by Gasteiger charge is -2.24. The van der Waals surface area contributed by atoms with Crippen LogP contribution >= 0.6 is 0 Å². The van der Waals surface area contributed by atoms with Crippen LogP contribution in [0.25, 0.3) is 0 Å². The summed E-state index contributed by atoms with van der Waals surface area (Å²) in [6.45, 7) is 2.75. The number of hydrazone groups is 1. The SMILES string of the molecule is C/C(=N\NC(=O)CN(c1ccccc1F)S(=O)(=O)c1ccc(C)cc1)c1cccc(NC(=O)c2ccccc2)c1. The fraction of sp³-hybridized carbons (Fsp3) is 0.100. The second-order valence-corrected chi connectivity index (χ2v) is 10.8. The molecular weight excluding hydrogens is 531 g/mol. The number of benzene rings is 4. The van der Waals surface area contributed by atoms with Gasteiger partial charge in [-0.1, -0.05) is 60.2 Å². The molecule has 2 N–H and O–H groups in total. The number of hydrogen-bond donors (Lipinski definition) is 2. The van der Waals surface area contributed by atoms with E-state index in [1.807, 2.05) is 13.0 Å². The number of halogens is 1. The summed E-state index contributed by atoms with van der Waals surface area (Å²) in [5.41, 5.74) is 4.99. The summed E-state index contributed by atoms with van der Waals surface area (Å²) < 4.78 is 42.2. The monoisotopic (exact) mass is 558 g/mol. The molecule has 40 heavy (non-hydrogen) atoms. The first-order chi connectivity index (χ1) is 19.1. The van der Waals surface area contributed by atoms with Gasteiger partial charge < -0.3 is 5.32 Å². The molecule has 0 bridgehead atoms. The number of nitrogens with one attached hydrogen (secondary N) is 2. The van der Waals surface area contributed by atoms with Crippen molar-refractivity contribution in [1.82, 2.24) is 5.43 Å². The predicted molar refractivity (Wildman–Crippen MR) is 153 cm³/mol. The van der Waals surface area contributed by atoms with Gasteiger partial charge in [0, 0.05) is 11.3 Å². The number of carbonyl (C=O) groups is 2. The average Bonchev–Trinajstić information content (AvgIpc) is 2.96. The quantitative estimate of drug-likeness (QED) is 0.220. The molecule has 0 fully saturated rings. The normalized spacial score (nSPS) is 11.5. The van der Waals surface area contributed by atoms with Crippen molar-refractivity contribution in [2.75, 3.05) is 16.2 Å². The van der Waals surface area contributed by atoms with E-state index in [4.69, 9.17) is 0 Å². The first-order valence-corrected chi connectivity index (χ1v) is 13.7. The van der Waals surface area contributed by atoms with E-state index in [-0.39, 0.29) is 16.5 Å². The van der Waals surface area contributed by atoms with Crippen molar-refractivity contribution in [2.24, 2.45) is 5.10 Å². The summed E-state index contributed by atoms with van der Waals surface area (Å²) >= 11 is 0. The maximum absolute atomic E-state index is 14.7. The Kier molecular flexibility index (Phi) is 8.70. The van der Waals surface area contributed by atoms with Crippen LogP contribution in [0.4, 0.5) is 15.8 Å². The van der Waals surface area contributed by atoms with Crippen LogP contribution in [-0.4, -0.2) is 32.5 Å². The molecule has 4 rings (SSSR count). The predicted octanol–water partition coefficient (Wildman–Crippen LogP) is 5.12. The molecule has 0 atom stereocenters. The van der Waals surface area contributed by atoms with Gasteiger partial charge in [-0.2, -0.15) is 5.10 Å². The maximum Gasteiger partial charge on any atom is 0.264 e. The molecule has 0 unspecified atom stereocenters. The zero-order valence-electron chi connectivity index (χ0n) is 21.8. The summed E-state index contributed by atoms with van der Waals surface area (Å²) in [4.78, 5) is 25.3. The van der Waals surface area contributed by atoms with Crippen molar-refractivity contribution in [3.05, 3.63) is 126 Å². The van der Waals surface area contributed by atoms with E-state index < -0.39 is 28.3 Å². The number of nitrogens with zero attached hydrogens (tertiary/aromatic N) is 2. The van der Waals surface area contributed by atoms with Crippen LogP contribution in [0.15, 0.2) is 113 Å². The third kappa shape index (κ3) is 6.78. The van der Waals surface area contributed by atoms with Crippen LogP contribution in [0, 0.1) is 12.7 Å². The topological polar surface area (TPSA) is 108 Å². The summed E-state index contributed by atoms with van der Waals surface area (Å²) in [6.07, 6.45) is 0. The Bertz CT molecular complexity index is 1660. The highest BCUT2D eigenvalue weighted by Gasteiger charge is 2.29. The Morgan fingerprint density at radius 1 is 0.850 bits per heavy atom. The van der Waals surface area contributed by atoms with Gasteiger partial charge in [0.25, 0.3) is 21.8 Å². The van der Waals surface area contributed by atoms with Gasteiger partial charge in [0.05, 0.1) is 16.3 Å². The summed E-state index contributed by atoms with van der Waals surface area (Å²) in [7, 11) is -4.28. The Morgan fingerprint density at radius 3 is 2.20 bits per heavy atom. The summed E-state index contributed by atoms with van der Waals surface area (Å²) in [6, 6.07) is 27.0. The second-order valence-electron chi connectivity index (χ2n) is 8.91. The Balaban J connectivity index is 1.51. The number of carbonyl (C=O) groups excluding carboxylic acids is 2. The van der Waals surface area contributed by atoms with Crippen molar-refractivity contribution < 1.29 is 22.4 Å². The van der Waals surface area contributed by atoms with Crippen LogP contribution in [0.1, 0.15) is 28.4 Å². The molecule has 0 radical (unpaired) electrons. The number of anilines is 2. The van der Waals surface area contributed by atoms with Crippen molar-refractivity contribution in [1.29, 1.82) is 0 Å². The van der Waals surface area contributed by atoms with Crippen LogP contribution in [0.5, 0.6) is 0 Å². The summed E-state index contributed by atoms with van der Waals surface area (Å²) in [5.74, 6) is -1.84. The molecule has 204 valence electrons. The summed E-state index contributed by atoms with van der Waals surface area (Å²) in [5, 5.41) is 6.91. The van der Waals surface area contributed by atoms with Gasteiger partial charge in [-0.05, 0) is 67.9 Å². The minimum atomic E-state index is -4.28. The van der Waals surface area contributed by atoms with Gasteiger partial charge in [0.2, 0.25) is 0 Å². The smallest absolute Gasteiger partial charge is 0.264 e. The van der Waals surface area contributed by atoms with E-state index in [0.29, 0.717) is 26.8 Å². The number of amides is 2. The Morgan fingerprint density at radius 2 is 1.50 bits per heavy atom. The maximum atomic E-state index is 14.7. The van der Waals surface area contributed by atoms with Gasteiger partial charge in [-0.3, -0.25) is 13.9 Å². The van der Waals surface area contributed by atoms with E-state index >= 15 is 0 Å². The van der Waals surface area contributed by atoms with Crippen LogP contribution < -0.4 is 15.0 Å². The fourth-order valence-electron chi connectivity index (χ4n) is 3.78. The molecule has 0 spiro atoms. The molecule has 0 aliphatic carbocycles. The molecule has 0 saturated carbocycles. The number of sulfonamides is 1. The van der Waals surface area contributed by atoms with E-state index in [9.17, 15) is 22.4 Å². The van der Waals surface area contributed by atoms with Crippen LogP contribution in [0.2, 0.25) is 0 Å². The van der Waals surface area contributed by atoms with Gasteiger partial charge >= 0.3 is 0 Å². The molecule has 10 heteroatoms. The second kappa shape index (κ2) is 12.4. The highest BCUT2D eigenvalue weighted by molar-refractivity contribution is 7.92. The third-order valence-corrected chi connectivity index (χ3v) is 7.71. The van der Waals surface area contributed by atoms with E-state index in [2.05, 4.69) is 15.8 Å². The highest BCUT2D eigenvalue weighted by atomic mass is 32.2. The third-order valence-electron chi connectivity index (χ3n) is 5.94. The van der Waals surface area contributed by atoms with Gasteiger partial charge in [-0.15, -0.1) is 0 Å². The number of hydrogen-bond acceptors (Lipinski definition) is 5. The van der Waals surface area contributed by atoms with Crippen molar-refractivity contribution in [3.63, 3.8) is 0 Å². The van der Waals surface area contributed by atoms with E-state index in [1.54, 1.807) is 67.6 Å². The molecule has 2 amide bonds. The van der Waals surface area contributed by atoms with Gasteiger partial charge in [0.1, 0.15) is 12.4 Å². The Hall–Kier alpha value is -4.83. The van der Waals surface area contributed by atoms with Crippen molar-refractivity contribution in [2.45, 2.75) is 18.7 Å². The molecule has 8 nitrogen and oxygen atoms in total. The lowest BCUT2D eigenvalue weighted by molar-refractivity contribution is -0.119. The van der Waals surface area contributed by atoms with Crippen molar-refractivity contribution in [3.8, 4) is 0 Å². The lowest BCUT2D eigenvalue weighted by atomic mass is 10.1. The molecule has 4 aromatic carbocycles. The van der Waals surface area contributed by atoms with Crippen molar-refractivity contribution >= 4 is 38.9 Å². The zero-order valence-corrected chi connectivity index (χ0v) is 22.7. The molecule has 0 aromatic heterocycles. The molecule has 0 aliphatic rings. The average molecular weight is 559 g/mol. The minimum absolute atomic E-state index is 0.0804. The lowest BCUT2D eigenvalue weighted by Crippen LogP contribution is -2.40. The molecule has 4 aromatic rings. The first kappa shape index (κ1) is 28.2. The van der Waals surface area contributed by atoms with E-state index in [0.717, 1.165) is 11.6 Å². The molecule has 0 aliphatic heterocycles. The molecule has 0 saturated heterocycles. The number of rotatable bonds is 9. The number of para-hydroxylation sites is 1. The van der Waals surface area contributed by atoms with Crippen LogP contribution in [0.3, 0.4) is 0 Å². The number of aryl methyl sites for hydroxylation is 1. The largest absolute Gasteiger partial charge is 0.322 e.